The topological polar surface area (TPSA) is 72.2 Å². The summed E-state index contributed by atoms with van der Waals surface area (Å²) in [5.74, 6) is -2.05. The summed E-state index contributed by atoms with van der Waals surface area (Å²) in [6.07, 6.45) is 0. The Morgan fingerprint density at radius 3 is 2.47 bits per heavy atom. The summed E-state index contributed by atoms with van der Waals surface area (Å²) in [4.78, 5) is 0. The molecule has 1 aromatic rings. The van der Waals surface area contributed by atoms with Gasteiger partial charge >= 0.3 is 0 Å². The minimum Gasteiger partial charge on any atom is -0.216 e. The number of hydrogen-bond donors (Lipinski definition) is 2. The predicted molar refractivity (Wildman–Crippen MR) is 51.0 cm³/mol. The highest BCUT2D eigenvalue weighted by molar-refractivity contribution is 7.87. The van der Waals surface area contributed by atoms with Crippen molar-refractivity contribution in [1.82, 2.24) is 4.72 Å². The molecule has 3 N–H and O–H groups in total. The summed E-state index contributed by atoms with van der Waals surface area (Å²) < 4.78 is 49.1. The van der Waals surface area contributed by atoms with Crippen LogP contribution < -0.4 is 9.86 Å². The predicted octanol–water partition coefficient (Wildman–Crippen LogP) is 0.566. The van der Waals surface area contributed by atoms with E-state index in [0.717, 1.165) is 0 Å². The number of hydrogen-bond acceptors (Lipinski definition) is 2. The smallest absolute Gasteiger partial charge is 0.216 e. The molecular weight excluding hydrogens is 226 g/mol. The summed E-state index contributed by atoms with van der Waals surface area (Å²) in [6, 6.07) is 2.66. The lowest BCUT2D eigenvalue weighted by Crippen LogP contribution is -2.30. The van der Waals surface area contributed by atoms with E-state index in [4.69, 9.17) is 0 Å². The minimum atomic E-state index is -3.90. The van der Waals surface area contributed by atoms with Crippen LogP contribution in [0.25, 0.3) is 0 Å². The molecule has 0 saturated heterocycles. The van der Waals surface area contributed by atoms with E-state index in [-0.39, 0.29) is 17.7 Å². The summed E-state index contributed by atoms with van der Waals surface area (Å²) in [5, 5.41) is 4.65. The van der Waals surface area contributed by atoms with Crippen LogP contribution in [0.2, 0.25) is 0 Å². The van der Waals surface area contributed by atoms with Gasteiger partial charge in [0.1, 0.15) is 0 Å². The van der Waals surface area contributed by atoms with Gasteiger partial charge in [-0.25, -0.2) is 13.9 Å². The third kappa shape index (κ3) is 3.22. The van der Waals surface area contributed by atoms with Crippen molar-refractivity contribution in [3.8, 4) is 0 Å². The lowest BCUT2D eigenvalue weighted by atomic mass is 10.1. The van der Waals surface area contributed by atoms with E-state index in [2.05, 4.69) is 5.14 Å². The van der Waals surface area contributed by atoms with Crippen LogP contribution in [0.4, 0.5) is 8.78 Å². The molecule has 84 valence electrons. The van der Waals surface area contributed by atoms with Gasteiger partial charge < -0.3 is 0 Å². The van der Waals surface area contributed by atoms with Crippen molar-refractivity contribution in [3.63, 3.8) is 0 Å². The highest BCUT2D eigenvalue weighted by Crippen LogP contribution is 2.15. The fraction of sp³-hybridized carbons (Fsp3) is 0.250. The molecule has 0 fully saturated rings. The van der Waals surface area contributed by atoms with Crippen LogP contribution in [0, 0.1) is 18.6 Å². The number of nitrogens with one attached hydrogen (secondary N) is 1. The van der Waals surface area contributed by atoms with Crippen LogP contribution in [-0.2, 0) is 16.8 Å². The molecule has 0 atom stereocenters. The first-order valence-electron chi connectivity index (χ1n) is 4.02. The van der Waals surface area contributed by atoms with Crippen molar-refractivity contribution in [3.05, 3.63) is 34.9 Å². The number of benzene rings is 1. The van der Waals surface area contributed by atoms with Crippen molar-refractivity contribution in [2.24, 2.45) is 5.14 Å². The Kier molecular flexibility index (Phi) is 3.38. The largest absolute Gasteiger partial charge is 0.274 e. The zero-order valence-electron chi connectivity index (χ0n) is 7.92. The van der Waals surface area contributed by atoms with Gasteiger partial charge in [-0.2, -0.15) is 13.1 Å². The highest BCUT2D eigenvalue weighted by atomic mass is 32.2. The molecule has 1 rings (SSSR count). The Labute approximate surface area is 86.3 Å². The standard InChI is InChI=1S/C8H10F2N2O2S/c1-5-2-3-6(8(10)7(5)9)4-12-15(11,13)14/h2-3,12H,4H2,1H3,(H2,11,13,14). The molecule has 0 spiro atoms. The molecule has 0 aromatic heterocycles. The van der Waals surface area contributed by atoms with Crippen LogP contribution in [0.5, 0.6) is 0 Å². The average Bonchev–Trinajstić information content (AvgIpc) is 2.12. The van der Waals surface area contributed by atoms with Gasteiger partial charge in [0.25, 0.3) is 10.2 Å². The van der Waals surface area contributed by atoms with Gasteiger partial charge in [-0.05, 0) is 12.5 Å². The molecular formula is C8H10F2N2O2S. The minimum absolute atomic E-state index is 0.0906. The van der Waals surface area contributed by atoms with Crippen molar-refractivity contribution in [2.45, 2.75) is 13.5 Å². The first kappa shape index (κ1) is 12.0. The Morgan fingerprint density at radius 1 is 1.33 bits per heavy atom. The summed E-state index contributed by atoms with van der Waals surface area (Å²) in [5.41, 5.74) is 0.0685. The van der Waals surface area contributed by atoms with Gasteiger partial charge in [0.2, 0.25) is 0 Å². The molecule has 0 aliphatic carbocycles. The first-order chi connectivity index (χ1) is 6.81. The van der Waals surface area contributed by atoms with Gasteiger partial charge in [-0.3, -0.25) is 0 Å². The molecule has 0 radical (unpaired) electrons. The Hall–Kier alpha value is -1.05. The van der Waals surface area contributed by atoms with Crippen LogP contribution in [0.3, 0.4) is 0 Å². The molecule has 0 aliphatic rings. The van der Waals surface area contributed by atoms with Gasteiger partial charge in [0, 0.05) is 12.1 Å². The first-order valence-corrected chi connectivity index (χ1v) is 5.57. The summed E-state index contributed by atoms with van der Waals surface area (Å²) in [6.45, 7) is 1.04. The molecule has 7 heteroatoms. The monoisotopic (exact) mass is 236 g/mol. The zero-order valence-corrected chi connectivity index (χ0v) is 8.74. The number of nitrogens with two attached hydrogens (primary N) is 1. The Morgan fingerprint density at radius 2 is 1.93 bits per heavy atom. The van der Waals surface area contributed by atoms with E-state index >= 15 is 0 Å². The van der Waals surface area contributed by atoms with Gasteiger partial charge in [0.05, 0.1) is 0 Å². The van der Waals surface area contributed by atoms with Crippen LogP contribution in [0.15, 0.2) is 12.1 Å². The molecule has 1 aromatic carbocycles. The van der Waals surface area contributed by atoms with Crippen molar-refractivity contribution in [2.75, 3.05) is 0 Å². The van der Waals surface area contributed by atoms with Crippen molar-refractivity contribution >= 4 is 10.2 Å². The molecule has 0 bridgehead atoms. The second-order valence-corrected chi connectivity index (χ2v) is 4.41. The highest BCUT2D eigenvalue weighted by Gasteiger charge is 2.12. The Bertz CT molecular complexity index is 474. The SMILES string of the molecule is Cc1ccc(CNS(N)(=O)=O)c(F)c1F. The van der Waals surface area contributed by atoms with E-state index in [1.165, 1.54) is 19.1 Å². The number of rotatable bonds is 3. The van der Waals surface area contributed by atoms with Gasteiger partial charge in [0.15, 0.2) is 11.6 Å². The van der Waals surface area contributed by atoms with E-state index in [0.29, 0.717) is 0 Å². The van der Waals surface area contributed by atoms with Crippen molar-refractivity contribution < 1.29 is 17.2 Å². The lowest BCUT2D eigenvalue weighted by Gasteiger charge is -2.06. The maximum absolute atomic E-state index is 13.2. The summed E-state index contributed by atoms with van der Waals surface area (Å²) >= 11 is 0. The van der Waals surface area contributed by atoms with Crippen LogP contribution in [-0.4, -0.2) is 8.42 Å². The second-order valence-electron chi connectivity index (χ2n) is 3.04. The van der Waals surface area contributed by atoms with Crippen LogP contribution >= 0.6 is 0 Å². The second kappa shape index (κ2) is 4.21. The van der Waals surface area contributed by atoms with E-state index in [9.17, 15) is 17.2 Å². The normalized spacial score (nSPS) is 11.7. The molecule has 0 aliphatic heterocycles. The van der Waals surface area contributed by atoms with E-state index in [1.54, 1.807) is 0 Å². The zero-order chi connectivity index (χ0) is 11.6. The molecule has 0 saturated carbocycles. The maximum atomic E-state index is 13.2. The van der Waals surface area contributed by atoms with E-state index < -0.39 is 21.8 Å². The molecule has 0 heterocycles. The number of halogens is 2. The lowest BCUT2D eigenvalue weighted by molar-refractivity contribution is 0.491. The molecule has 0 unspecified atom stereocenters. The third-order valence-electron chi connectivity index (χ3n) is 1.82. The average molecular weight is 236 g/mol. The quantitative estimate of drug-likeness (QED) is 0.805. The van der Waals surface area contributed by atoms with Crippen molar-refractivity contribution in [1.29, 1.82) is 0 Å². The molecule has 0 amide bonds. The fourth-order valence-electron chi connectivity index (χ4n) is 1.00. The maximum Gasteiger partial charge on any atom is 0.274 e. The van der Waals surface area contributed by atoms with Gasteiger partial charge in [-0.15, -0.1) is 0 Å². The van der Waals surface area contributed by atoms with E-state index in [1.807, 2.05) is 4.72 Å². The van der Waals surface area contributed by atoms with Gasteiger partial charge in [-0.1, -0.05) is 12.1 Å². The summed E-state index contributed by atoms with van der Waals surface area (Å²) in [7, 11) is -3.90. The third-order valence-corrected chi connectivity index (χ3v) is 2.37. The molecule has 15 heavy (non-hydrogen) atoms. The fourth-order valence-corrected chi connectivity index (χ4v) is 1.36. The Balaban J connectivity index is 2.93. The van der Waals surface area contributed by atoms with Crippen LogP contribution in [0.1, 0.15) is 11.1 Å². The number of aryl methyl sites for hydroxylation is 1. The molecule has 4 nitrogen and oxygen atoms in total.